The lowest BCUT2D eigenvalue weighted by Crippen LogP contribution is -2.56. The molecule has 0 spiro atoms. The quantitative estimate of drug-likeness (QED) is 0.839. The molecule has 0 atom stereocenters. The van der Waals surface area contributed by atoms with Crippen molar-refractivity contribution in [3.63, 3.8) is 0 Å². The lowest BCUT2D eigenvalue weighted by atomic mass is 9.75. The molecule has 5 nitrogen and oxygen atoms in total. The summed E-state index contributed by atoms with van der Waals surface area (Å²) >= 11 is 6.29. The first-order valence-electron chi connectivity index (χ1n) is 7.63. The van der Waals surface area contributed by atoms with E-state index < -0.39 is 0 Å². The average Bonchev–Trinajstić information content (AvgIpc) is 2.41. The molecule has 1 saturated carbocycles. The van der Waals surface area contributed by atoms with Gasteiger partial charge in [-0.1, -0.05) is 18.5 Å². The number of aromatic nitrogens is 2. The highest BCUT2D eigenvalue weighted by molar-refractivity contribution is 6.32. The topological polar surface area (TPSA) is 44.3 Å². The Hall–Kier alpha value is -1.07. The van der Waals surface area contributed by atoms with Gasteiger partial charge in [0, 0.05) is 25.7 Å². The molecule has 1 N–H and O–H groups in total. The second-order valence-electron chi connectivity index (χ2n) is 6.12. The van der Waals surface area contributed by atoms with Crippen LogP contribution in [0, 0.1) is 0 Å². The highest BCUT2D eigenvalue weighted by atomic mass is 35.5. The summed E-state index contributed by atoms with van der Waals surface area (Å²) in [5.74, 6) is 1.45. The monoisotopic (exact) mass is 311 g/mol. The summed E-state index contributed by atoms with van der Waals surface area (Å²) in [6, 6.07) is 0. The van der Waals surface area contributed by atoms with E-state index in [-0.39, 0.29) is 5.54 Å². The molecular weight excluding hydrogens is 286 g/mol. The molecule has 1 aliphatic carbocycles. The Kier molecular flexibility index (Phi) is 5.27. The first-order chi connectivity index (χ1) is 9.98. The van der Waals surface area contributed by atoms with Crippen LogP contribution in [0.5, 0.6) is 0 Å². The van der Waals surface area contributed by atoms with Crippen molar-refractivity contribution in [2.45, 2.75) is 38.1 Å². The SMILES string of the molecule is CCCNc1ncc(Cl)c(N(C)CC2(N(C)C)CCC2)n1. The van der Waals surface area contributed by atoms with Crippen LogP contribution < -0.4 is 10.2 Å². The zero-order valence-electron chi connectivity index (χ0n) is 13.5. The second kappa shape index (κ2) is 6.79. The third kappa shape index (κ3) is 3.58. The molecule has 0 bridgehead atoms. The molecule has 1 heterocycles. The minimum absolute atomic E-state index is 0.250. The van der Waals surface area contributed by atoms with Crippen LogP contribution in [0.15, 0.2) is 6.20 Å². The fourth-order valence-corrected chi connectivity index (χ4v) is 3.03. The molecule has 1 fully saturated rings. The molecule has 1 aliphatic rings. The molecule has 0 amide bonds. The van der Waals surface area contributed by atoms with E-state index in [1.807, 2.05) is 0 Å². The number of rotatable bonds is 7. The number of halogens is 1. The smallest absolute Gasteiger partial charge is 0.224 e. The Balaban J connectivity index is 2.12. The van der Waals surface area contributed by atoms with E-state index in [9.17, 15) is 0 Å². The third-order valence-electron chi connectivity index (χ3n) is 4.38. The number of anilines is 2. The van der Waals surface area contributed by atoms with Crippen molar-refractivity contribution in [1.29, 1.82) is 0 Å². The van der Waals surface area contributed by atoms with Gasteiger partial charge in [0.05, 0.1) is 6.20 Å². The number of nitrogens with one attached hydrogen (secondary N) is 1. The van der Waals surface area contributed by atoms with E-state index in [1.165, 1.54) is 19.3 Å². The van der Waals surface area contributed by atoms with Gasteiger partial charge in [-0.25, -0.2) is 4.98 Å². The molecule has 1 aromatic rings. The molecule has 0 aromatic carbocycles. The van der Waals surface area contributed by atoms with Crippen LogP contribution >= 0.6 is 11.6 Å². The summed E-state index contributed by atoms with van der Waals surface area (Å²) in [7, 11) is 6.37. The number of nitrogens with zero attached hydrogens (tertiary/aromatic N) is 4. The molecule has 2 rings (SSSR count). The van der Waals surface area contributed by atoms with E-state index in [0.29, 0.717) is 11.0 Å². The predicted octanol–water partition coefficient (Wildman–Crippen LogP) is 2.87. The van der Waals surface area contributed by atoms with Crippen LogP contribution in [0.25, 0.3) is 0 Å². The first-order valence-corrected chi connectivity index (χ1v) is 8.01. The molecule has 118 valence electrons. The van der Waals surface area contributed by atoms with Gasteiger partial charge in [0.2, 0.25) is 5.95 Å². The predicted molar refractivity (Wildman–Crippen MR) is 89.4 cm³/mol. The van der Waals surface area contributed by atoms with Crippen LogP contribution in [-0.2, 0) is 0 Å². The zero-order valence-corrected chi connectivity index (χ0v) is 14.2. The van der Waals surface area contributed by atoms with Crippen LogP contribution in [-0.4, -0.2) is 54.6 Å². The number of likely N-dealkylation sites (N-methyl/N-ethyl adjacent to an activating group) is 2. The highest BCUT2D eigenvalue weighted by Gasteiger charge is 2.40. The molecule has 21 heavy (non-hydrogen) atoms. The van der Waals surface area contributed by atoms with Gasteiger partial charge >= 0.3 is 0 Å². The lowest BCUT2D eigenvalue weighted by Gasteiger charge is -2.49. The molecule has 0 aliphatic heterocycles. The number of hydrogen-bond donors (Lipinski definition) is 1. The second-order valence-corrected chi connectivity index (χ2v) is 6.53. The van der Waals surface area contributed by atoms with Crippen molar-refractivity contribution in [2.24, 2.45) is 0 Å². The summed E-state index contributed by atoms with van der Waals surface area (Å²) in [5, 5.41) is 3.82. The molecule has 1 aromatic heterocycles. The van der Waals surface area contributed by atoms with Crippen LogP contribution in [0.2, 0.25) is 5.02 Å². The Morgan fingerprint density at radius 1 is 1.33 bits per heavy atom. The molecule has 0 saturated heterocycles. The van der Waals surface area contributed by atoms with Crippen molar-refractivity contribution in [3.8, 4) is 0 Å². The summed E-state index contributed by atoms with van der Waals surface area (Å²) in [6.07, 6.45) is 6.48. The number of hydrogen-bond acceptors (Lipinski definition) is 5. The maximum Gasteiger partial charge on any atom is 0.224 e. The van der Waals surface area contributed by atoms with Crippen LogP contribution in [0.1, 0.15) is 32.6 Å². The van der Waals surface area contributed by atoms with Crippen molar-refractivity contribution in [2.75, 3.05) is 44.4 Å². The zero-order chi connectivity index (χ0) is 15.5. The molecule has 0 unspecified atom stereocenters. The van der Waals surface area contributed by atoms with E-state index in [1.54, 1.807) is 6.20 Å². The maximum absolute atomic E-state index is 6.29. The van der Waals surface area contributed by atoms with Gasteiger partial charge in [0.1, 0.15) is 5.02 Å². The van der Waals surface area contributed by atoms with E-state index in [0.717, 1.165) is 25.3 Å². The van der Waals surface area contributed by atoms with Crippen molar-refractivity contribution >= 4 is 23.4 Å². The van der Waals surface area contributed by atoms with Crippen molar-refractivity contribution in [3.05, 3.63) is 11.2 Å². The Labute approximate surface area is 132 Å². The van der Waals surface area contributed by atoms with Gasteiger partial charge in [-0.05, 0) is 39.8 Å². The first kappa shape index (κ1) is 16.3. The largest absolute Gasteiger partial charge is 0.356 e. The molecular formula is C15H26ClN5. The Bertz CT molecular complexity index is 473. The summed E-state index contributed by atoms with van der Waals surface area (Å²) in [6.45, 7) is 3.92. The molecule has 6 heteroatoms. The summed E-state index contributed by atoms with van der Waals surface area (Å²) in [4.78, 5) is 13.3. The summed E-state index contributed by atoms with van der Waals surface area (Å²) < 4.78 is 0. The van der Waals surface area contributed by atoms with E-state index in [4.69, 9.17) is 11.6 Å². The third-order valence-corrected chi connectivity index (χ3v) is 4.65. The Morgan fingerprint density at radius 3 is 2.57 bits per heavy atom. The van der Waals surface area contributed by atoms with Gasteiger partial charge < -0.3 is 15.1 Å². The summed E-state index contributed by atoms with van der Waals surface area (Å²) in [5.41, 5.74) is 0.250. The van der Waals surface area contributed by atoms with Crippen molar-refractivity contribution in [1.82, 2.24) is 14.9 Å². The Morgan fingerprint density at radius 2 is 2.05 bits per heavy atom. The molecule has 0 radical (unpaired) electrons. The van der Waals surface area contributed by atoms with Gasteiger partial charge in [0.25, 0.3) is 0 Å². The van der Waals surface area contributed by atoms with Gasteiger partial charge in [0.15, 0.2) is 5.82 Å². The van der Waals surface area contributed by atoms with Gasteiger partial charge in [-0.15, -0.1) is 0 Å². The standard InChI is InChI=1S/C15H26ClN5/c1-5-9-17-14-18-10-12(16)13(19-14)21(4)11-15(20(2)3)7-6-8-15/h10H,5-9,11H2,1-4H3,(H,17,18,19). The van der Waals surface area contributed by atoms with Crippen LogP contribution in [0.3, 0.4) is 0 Å². The fraction of sp³-hybridized carbons (Fsp3) is 0.733. The van der Waals surface area contributed by atoms with E-state index in [2.05, 4.69) is 53.2 Å². The minimum atomic E-state index is 0.250. The van der Waals surface area contributed by atoms with Gasteiger partial charge in [-0.2, -0.15) is 4.98 Å². The fourth-order valence-electron chi connectivity index (χ4n) is 2.80. The van der Waals surface area contributed by atoms with Crippen LogP contribution in [0.4, 0.5) is 11.8 Å². The average molecular weight is 312 g/mol. The maximum atomic E-state index is 6.29. The van der Waals surface area contributed by atoms with E-state index >= 15 is 0 Å². The highest BCUT2D eigenvalue weighted by Crippen LogP contribution is 2.38. The minimum Gasteiger partial charge on any atom is -0.356 e. The lowest BCUT2D eigenvalue weighted by molar-refractivity contribution is 0.0682. The normalized spacial score (nSPS) is 16.7. The van der Waals surface area contributed by atoms with Gasteiger partial charge in [-0.3, -0.25) is 0 Å². The van der Waals surface area contributed by atoms with Crippen molar-refractivity contribution < 1.29 is 0 Å².